The SMILES string of the molecule is CC1(C)OC(C)(C)C(CN2CCN3CCCCC3C2)C1N. The van der Waals surface area contributed by atoms with E-state index in [2.05, 4.69) is 37.5 Å². The maximum atomic E-state index is 6.52. The average molecular weight is 295 g/mol. The third-order valence-corrected chi connectivity index (χ3v) is 6.03. The lowest BCUT2D eigenvalue weighted by molar-refractivity contribution is -0.0800. The molecule has 3 rings (SSSR count). The lowest BCUT2D eigenvalue weighted by Gasteiger charge is -2.45. The Labute approximate surface area is 130 Å². The van der Waals surface area contributed by atoms with Crippen LogP contribution in [0.5, 0.6) is 0 Å². The molecular weight excluding hydrogens is 262 g/mol. The summed E-state index contributed by atoms with van der Waals surface area (Å²) in [5.41, 5.74) is 6.19. The van der Waals surface area contributed by atoms with E-state index in [1.807, 2.05) is 0 Å². The number of nitrogens with two attached hydrogens (primary N) is 1. The fraction of sp³-hybridized carbons (Fsp3) is 1.00. The highest BCUT2D eigenvalue weighted by Crippen LogP contribution is 2.41. The molecule has 0 aliphatic carbocycles. The van der Waals surface area contributed by atoms with Gasteiger partial charge in [0.2, 0.25) is 0 Å². The third-order valence-electron chi connectivity index (χ3n) is 6.03. The van der Waals surface area contributed by atoms with E-state index in [0.717, 1.165) is 12.6 Å². The first-order valence-corrected chi connectivity index (χ1v) is 8.72. The molecule has 3 unspecified atom stereocenters. The van der Waals surface area contributed by atoms with Crippen molar-refractivity contribution in [3.63, 3.8) is 0 Å². The number of rotatable bonds is 2. The molecule has 3 atom stereocenters. The Morgan fingerprint density at radius 1 is 1.05 bits per heavy atom. The Balaban J connectivity index is 1.64. The summed E-state index contributed by atoms with van der Waals surface area (Å²) in [5, 5.41) is 0. The summed E-state index contributed by atoms with van der Waals surface area (Å²) in [6.45, 7) is 14.7. The van der Waals surface area contributed by atoms with Crippen molar-refractivity contribution in [3.8, 4) is 0 Å². The standard InChI is InChI=1S/C17H33N3O/c1-16(2)14(15(18)17(3,4)21-16)12-19-9-10-20-8-6-5-7-13(20)11-19/h13-15H,5-12,18H2,1-4H3. The van der Waals surface area contributed by atoms with E-state index >= 15 is 0 Å². The molecule has 4 nitrogen and oxygen atoms in total. The lowest BCUT2D eigenvalue weighted by atomic mass is 9.82. The molecule has 3 fully saturated rings. The van der Waals surface area contributed by atoms with Crippen LogP contribution in [0.3, 0.4) is 0 Å². The zero-order chi connectivity index (χ0) is 15.3. The second kappa shape index (κ2) is 5.48. The number of ether oxygens (including phenoxy) is 1. The Kier molecular flexibility index (Phi) is 4.11. The number of piperidine rings is 1. The molecule has 0 bridgehead atoms. The highest BCUT2D eigenvalue weighted by molar-refractivity contribution is 5.05. The van der Waals surface area contributed by atoms with E-state index in [0.29, 0.717) is 5.92 Å². The molecule has 2 N–H and O–H groups in total. The number of hydrogen-bond donors (Lipinski definition) is 1. The monoisotopic (exact) mass is 295 g/mol. The summed E-state index contributed by atoms with van der Waals surface area (Å²) < 4.78 is 6.25. The van der Waals surface area contributed by atoms with Gasteiger partial charge in [-0.05, 0) is 47.1 Å². The van der Waals surface area contributed by atoms with Crippen LogP contribution in [-0.4, -0.2) is 65.8 Å². The summed E-state index contributed by atoms with van der Waals surface area (Å²) in [5.74, 6) is 0.419. The van der Waals surface area contributed by atoms with E-state index in [1.165, 1.54) is 45.4 Å². The van der Waals surface area contributed by atoms with Crippen LogP contribution < -0.4 is 5.73 Å². The van der Waals surface area contributed by atoms with Crippen molar-refractivity contribution in [2.45, 2.75) is 70.2 Å². The van der Waals surface area contributed by atoms with Crippen molar-refractivity contribution in [1.82, 2.24) is 9.80 Å². The molecule has 122 valence electrons. The number of piperazine rings is 1. The van der Waals surface area contributed by atoms with Gasteiger partial charge in [-0.25, -0.2) is 0 Å². The molecular formula is C17H33N3O. The molecule has 0 spiro atoms. The molecule has 0 aromatic rings. The van der Waals surface area contributed by atoms with Gasteiger partial charge in [0.05, 0.1) is 11.2 Å². The molecule has 0 aromatic heterocycles. The molecule has 0 amide bonds. The van der Waals surface area contributed by atoms with Crippen LogP contribution >= 0.6 is 0 Å². The quantitative estimate of drug-likeness (QED) is 0.842. The number of fused-ring (bicyclic) bond motifs is 1. The minimum atomic E-state index is -0.208. The molecule has 0 radical (unpaired) electrons. The first-order valence-electron chi connectivity index (χ1n) is 8.72. The van der Waals surface area contributed by atoms with Crippen molar-refractivity contribution < 1.29 is 4.74 Å². The van der Waals surface area contributed by atoms with Gasteiger partial charge >= 0.3 is 0 Å². The van der Waals surface area contributed by atoms with Gasteiger partial charge in [-0.3, -0.25) is 4.90 Å². The molecule has 3 saturated heterocycles. The summed E-state index contributed by atoms with van der Waals surface area (Å²) in [6, 6.07) is 0.902. The second-order valence-corrected chi connectivity index (χ2v) is 8.39. The van der Waals surface area contributed by atoms with Crippen molar-refractivity contribution in [2.75, 3.05) is 32.7 Å². The Bertz CT molecular complexity index is 382. The molecule has 4 heteroatoms. The zero-order valence-electron chi connectivity index (χ0n) is 14.3. The highest BCUT2D eigenvalue weighted by atomic mass is 16.5. The summed E-state index contributed by atoms with van der Waals surface area (Å²) in [7, 11) is 0. The Hall–Kier alpha value is -0.160. The van der Waals surface area contributed by atoms with Gasteiger partial charge in [0.25, 0.3) is 0 Å². The van der Waals surface area contributed by atoms with E-state index in [9.17, 15) is 0 Å². The van der Waals surface area contributed by atoms with Gasteiger partial charge in [0.15, 0.2) is 0 Å². The maximum Gasteiger partial charge on any atom is 0.0788 e. The summed E-state index contributed by atoms with van der Waals surface area (Å²) in [4.78, 5) is 5.34. The molecule has 3 aliphatic heterocycles. The number of hydrogen-bond acceptors (Lipinski definition) is 4. The van der Waals surface area contributed by atoms with Gasteiger partial charge in [0, 0.05) is 44.2 Å². The van der Waals surface area contributed by atoms with E-state index < -0.39 is 0 Å². The van der Waals surface area contributed by atoms with E-state index in [1.54, 1.807) is 0 Å². The zero-order valence-corrected chi connectivity index (χ0v) is 14.3. The van der Waals surface area contributed by atoms with Crippen molar-refractivity contribution in [2.24, 2.45) is 11.7 Å². The van der Waals surface area contributed by atoms with E-state index in [4.69, 9.17) is 10.5 Å². The van der Waals surface area contributed by atoms with Crippen LogP contribution in [0.25, 0.3) is 0 Å². The first kappa shape index (κ1) is 15.7. The largest absolute Gasteiger partial charge is 0.368 e. The van der Waals surface area contributed by atoms with Crippen LogP contribution in [0.1, 0.15) is 47.0 Å². The average Bonchev–Trinajstić information content (AvgIpc) is 2.57. The van der Waals surface area contributed by atoms with Gasteiger partial charge in [-0.1, -0.05) is 6.42 Å². The molecule has 0 aromatic carbocycles. The topological polar surface area (TPSA) is 41.7 Å². The number of nitrogens with zero attached hydrogens (tertiary/aromatic N) is 2. The molecule has 0 saturated carbocycles. The highest BCUT2D eigenvalue weighted by Gasteiger charge is 2.52. The van der Waals surface area contributed by atoms with Gasteiger partial charge in [-0.2, -0.15) is 0 Å². The fourth-order valence-electron chi connectivity index (χ4n) is 4.74. The van der Waals surface area contributed by atoms with Crippen LogP contribution in [0.15, 0.2) is 0 Å². The Morgan fingerprint density at radius 3 is 2.48 bits per heavy atom. The first-order chi connectivity index (χ1) is 9.79. The fourth-order valence-corrected chi connectivity index (χ4v) is 4.74. The van der Waals surface area contributed by atoms with Crippen LogP contribution in [0, 0.1) is 5.92 Å². The van der Waals surface area contributed by atoms with Crippen LogP contribution in [-0.2, 0) is 4.74 Å². The lowest BCUT2D eigenvalue weighted by Crippen LogP contribution is -2.57. The van der Waals surface area contributed by atoms with Gasteiger partial charge in [0.1, 0.15) is 0 Å². The predicted molar refractivity (Wildman–Crippen MR) is 86.4 cm³/mol. The minimum absolute atomic E-state index is 0.118. The second-order valence-electron chi connectivity index (χ2n) is 8.39. The molecule has 3 aliphatic rings. The van der Waals surface area contributed by atoms with E-state index in [-0.39, 0.29) is 17.2 Å². The third kappa shape index (κ3) is 3.00. The van der Waals surface area contributed by atoms with Gasteiger partial charge in [-0.15, -0.1) is 0 Å². The molecule has 3 heterocycles. The normalized spacial score (nSPS) is 40.1. The maximum absolute atomic E-state index is 6.52. The molecule has 21 heavy (non-hydrogen) atoms. The summed E-state index contributed by atoms with van der Waals surface area (Å²) in [6.07, 6.45) is 4.16. The van der Waals surface area contributed by atoms with Crippen molar-refractivity contribution in [3.05, 3.63) is 0 Å². The smallest absolute Gasteiger partial charge is 0.0788 e. The van der Waals surface area contributed by atoms with Crippen LogP contribution in [0.4, 0.5) is 0 Å². The predicted octanol–water partition coefficient (Wildman–Crippen LogP) is 1.69. The van der Waals surface area contributed by atoms with Crippen molar-refractivity contribution in [1.29, 1.82) is 0 Å². The Morgan fingerprint density at radius 2 is 1.81 bits per heavy atom. The van der Waals surface area contributed by atoms with Gasteiger partial charge < -0.3 is 15.4 Å². The minimum Gasteiger partial charge on any atom is -0.368 e. The summed E-state index contributed by atoms with van der Waals surface area (Å²) >= 11 is 0. The van der Waals surface area contributed by atoms with Crippen molar-refractivity contribution >= 4 is 0 Å². The van der Waals surface area contributed by atoms with Crippen LogP contribution in [0.2, 0.25) is 0 Å².